The molecule has 0 atom stereocenters. The van der Waals surface area contributed by atoms with Crippen molar-refractivity contribution in [2.45, 2.75) is 0 Å². The standard InChI is InChI=1S/C18H11Br2N3/c19-13-5-1-11(2-6-13)15-9-16(23-17(10-21)18(15)22)12-3-7-14(20)8-4-12/h1-9H,22H2. The molecule has 1 aromatic heterocycles. The van der Waals surface area contributed by atoms with Crippen LogP contribution >= 0.6 is 31.9 Å². The Labute approximate surface area is 151 Å². The topological polar surface area (TPSA) is 62.7 Å². The van der Waals surface area contributed by atoms with Crippen LogP contribution in [-0.2, 0) is 0 Å². The van der Waals surface area contributed by atoms with Gasteiger partial charge in [-0.1, -0.05) is 56.1 Å². The molecular formula is C18H11Br2N3. The van der Waals surface area contributed by atoms with Gasteiger partial charge in [0.2, 0.25) is 0 Å². The van der Waals surface area contributed by atoms with Crippen LogP contribution in [0.25, 0.3) is 22.4 Å². The lowest BCUT2D eigenvalue weighted by atomic mass is 10.0. The summed E-state index contributed by atoms with van der Waals surface area (Å²) < 4.78 is 1.98. The molecule has 23 heavy (non-hydrogen) atoms. The van der Waals surface area contributed by atoms with Crippen LogP contribution < -0.4 is 5.73 Å². The van der Waals surface area contributed by atoms with E-state index in [-0.39, 0.29) is 5.69 Å². The molecule has 0 bridgehead atoms. The van der Waals surface area contributed by atoms with Crippen LogP contribution in [0.2, 0.25) is 0 Å². The monoisotopic (exact) mass is 427 g/mol. The van der Waals surface area contributed by atoms with E-state index in [4.69, 9.17) is 5.73 Å². The Morgan fingerprint density at radius 3 is 1.91 bits per heavy atom. The number of nitrogen functional groups attached to an aromatic ring is 1. The molecule has 2 N–H and O–H groups in total. The van der Waals surface area contributed by atoms with Crippen molar-refractivity contribution in [1.29, 1.82) is 5.26 Å². The number of nitrogens with zero attached hydrogens (tertiary/aromatic N) is 2. The first kappa shape index (κ1) is 15.7. The molecule has 0 fully saturated rings. The lowest BCUT2D eigenvalue weighted by Gasteiger charge is -2.11. The van der Waals surface area contributed by atoms with Crippen LogP contribution in [0.1, 0.15) is 5.69 Å². The molecule has 1 heterocycles. The summed E-state index contributed by atoms with van der Waals surface area (Å²) in [6, 6.07) is 19.6. The number of hydrogen-bond donors (Lipinski definition) is 1. The fraction of sp³-hybridized carbons (Fsp3) is 0. The summed E-state index contributed by atoms with van der Waals surface area (Å²) >= 11 is 6.84. The second kappa shape index (κ2) is 6.53. The third-order valence-corrected chi connectivity index (χ3v) is 4.52. The Hall–Kier alpha value is -2.16. The first-order chi connectivity index (χ1) is 11.1. The molecule has 0 saturated carbocycles. The van der Waals surface area contributed by atoms with Gasteiger partial charge in [0.05, 0.1) is 11.4 Å². The van der Waals surface area contributed by atoms with E-state index in [0.717, 1.165) is 31.3 Å². The van der Waals surface area contributed by atoms with Gasteiger partial charge in [-0.15, -0.1) is 0 Å². The van der Waals surface area contributed by atoms with Gasteiger partial charge in [-0.05, 0) is 35.9 Å². The van der Waals surface area contributed by atoms with Crippen molar-refractivity contribution in [3.05, 3.63) is 69.2 Å². The van der Waals surface area contributed by atoms with Crippen LogP contribution in [0.15, 0.2) is 63.5 Å². The average molecular weight is 429 g/mol. The Bertz CT molecular complexity index is 895. The molecule has 5 heteroatoms. The molecule has 2 aromatic carbocycles. The largest absolute Gasteiger partial charge is 0.396 e. The molecule has 0 aliphatic rings. The van der Waals surface area contributed by atoms with Crippen LogP contribution in [-0.4, -0.2) is 4.98 Å². The second-order valence-corrected chi connectivity index (χ2v) is 6.77. The average Bonchev–Trinajstić information content (AvgIpc) is 2.57. The van der Waals surface area contributed by atoms with Crippen molar-refractivity contribution in [3.8, 4) is 28.5 Å². The highest BCUT2D eigenvalue weighted by molar-refractivity contribution is 9.10. The number of benzene rings is 2. The van der Waals surface area contributed by atoms with Gasteiger partial charge in [0.1, 0.15) is 6.07 Å². The minimum Gasteiger partial charge on any atom is -0.396 e. The van der Waals surface area contributed by atoms with E-state index in [2.05, 4.69) is 42.9 Å². The predicted molar refractivity (Wildman–Crippen MR) is 99.6 cm³/mol. The maximum Gasteiger partial charge on any atom is 0.164 e. The minimum atomic E-state index is 0.239. The van der Waals surface area contributed by atoms with Crippen molar-refractivity contribution in [2.75, 3.05) is 5.73 Å². The minimum absolute atomic E-state index is 0.239. The van der Waals surface area contributed by atoms with E-state index in [1.165, 1.54) is 0 Å². The lowest BCUT2D eigenvalue weighted by Crippen LogP contribution is -1.99. The smallest absolute Gasteiger partial charge is 0.164 e. The van der Waals surface area contributed by atoms with Gasteiger partial charge in [-0.3, -0.25) is 0 Å². The molecule has 112 valence electrons. The number of anilines is 1. The van der Waals surface area contributed by atoms with Crippen molar-refractivity contribution >= 4 is 37.5 Å². The van der Waals surface area contributed by atoms with Gasteiger partial charge >= 0.3 is 0 Å². The third kappa shape index (κ3) is 3.29. The summed E-state index contributed by atoms with van der Waals surface area (Å²) in [5.74, 6) is 0. The lowest BCUT2D eigenvalue weighted by molar-refractivity contribution is 1.27. The highest BCUT2D eigenvalue weighted by atomic mass is 79.9. The van der Waals surface area contributed by atoms with Gasteiger partial charge in [0, 0.05) is 20.1 Å². The SMILES string of the molecule is N#Cc1nc(-c2ccc(Br)cc2)cc(-c2ccc(Br)cc2)c1N. The van der Waals surface area contributed by atoms with Crippen molar-refractivity contribution < 1.29 is 0 Å². The Morgan fingerprint density at radius 2 is 1.39 bits per heavy atom. The summed E-state index contributed by atoms with van der Waals surface area (Å²) in [5.41, 5.74) is 10.2. The van der Waals surface area contributed by atoms with Crippen molar-refractivity contribution in [2.24, 2.45) is 0 Å². The van der Waals surface area contributed by atoms with E-state index in [0.29, 0.717) is 5.69 Å². The van der Waals surface area contributed by atoms with E-state index >= 15 is 0 Å². The van der Waals surface area contributed by atoms with Gasteiger partial charge in [0.25, 0.3) is 0 Å². The zero-order chi connectivity index (χ0) is 16.4. The molecule has 0 unspecified atom stereocenters. The first-order valence-electron chi connectivity index (χ1n) is 6.81. The Morgan fingerprint density at radius 1 is 0.870 bits per heavy atom. The summed E-state index contributed by atoms with van der Waals surface area (Å²) in [7, 11) is 0. The van der Waals surface area contributed by atoms with Crippen LogP contribution in [0.4, 0.5) is 5.69 Å². The molecule has 0 spiro atoms. The fourth-order valence-corrected chi connectivity index (χ4v) is 2.81. The van der Waals surface area contributed by atoms with Gasteiger partial charge in [-0.25, -0.2) is 4.98 Å². The molecule has 3 aromatic rings. The third-order valence-electron chi connectivity index (χ3n) is 3.46. The van der Waals surface area contributed by atoms with Crippen LogP contribution in [0, 0.1) is 11.3 Å². The number of pyridine rings is 1. The number of nitrogens with two attached hydrogens (primary N) is 1. The number of hydrogen-bond acceptors (Lipinski definition) is 3. The molecule has 0 radical (unpaired) electrons. The second-order valence-electron chi connectivity index (χ2n) is 4.94. The number of halogens is 2. The van der Waals surface area contributed by atoms with Crippen LogP contribution in [0.5, 0.6) is 0 Å². The molecule has 0 aliphatic carbocycles. The molecule has 0 aliphatic heterocycles. The van der Waals surface area contributed by atoms with Crippen molar-refractivity contribution in [1.82, 2.24) is 4.98 Å². The van der Waals surface area contributed by atoms with E-state index in [1.54, 1.807) is 0 Å². The molecule has 3 rings (SSSR count). The summed E-state index contributed by atoms with van der Waals surface area (Å²) in [6.07, 6.45) is 0. The highest BCUT2D eigenvalue weighted by Gasteiger charge is 2.12. The van der Waals surface area contributed by atoms with Gasteiger partial charge in [0.15, 0.2) is 5.69 Å². The Balaban J connectivity index is 2.20. The highest BCUT2D eigenvalue weighted by Crippen LogP contribution is 2.32. The molecule has 3 nitrogen and oxygen atoms in total. The van der Waals surface area contributed by atoms with E-state index < -0.39 is 0 Å². The van der Waals surface area contributed by atoms with Crippen LogP contribution in [0.3, 0.4) is 0 Å². The maximum atomic E-state index is 9.34. The Kier molecular flexibility index (Phi) is 4.46. The quantitative estimate of drug-likeness (QED) is 0.594. The number of aromatic nitrogens is 1. The van der Waals surface area contributed by atoms with Gasteiger partial charge < -0.3 is 5.73 Å². The fourth-order valence-electron chi connectivity index (χ4n) is 2.28. The molecule has 0 amide bonds. The summed E-state index contributed by atoms with van der Waals surface area (Å²) in [6.45, 7) is 0. The molecular weight excluding hydrogens is 418 g/mol. The van der Waals surface area contributed by atoms with E-state index in [9.17, 15) is 5.26 Å². The maximum absolute atomic E-state index is 9.34. The summed E-state index contributed by atoms with van der Waals surface area (Å²) in [5, 5.41) is 9.34. The molecule has 0 saturated heterocycles. The number of rotatable bonds is 2. The normalized spacial score (nSPS) is 10.3. The first-order valence-corrected chi connectivity index (χ1v) is 8.39. The zero-order valence-electron chi connectivity index (χ0n) is 11.9. The van der Waals surface area contributed by atoms with E-state index in [1.807, 2.05) is 54.6 Å². The number of nitriles is 1. The van der Waals surface area contributed by atoms with Gasteiger partial charge in [-0.2, -0.15) is 5.26 Å². The summed E-state index contributed by atoms with van der Waals surface area (Å²) in [4.78, 5) is 4.38. The zero-order valence-corrected chi connectivity index (χ0v) is 15.1. The predicted octanol–water partition coefficient (Wildman–Crippen LogP) is 5.39. The van der Waals surface area contributed by atoms with Crippen molar-refractivity contribution in [3.63, 3.8) is 0 Å².